The molecular formula is C10H18N2O2. The molecule has 0 bridgehead atoms. The molecule has 4 nitrogen and oxygen atoms in total. The van der Waals surface area contributed by atoms with Crippen molar-refractivity contribution in [3.8, 4) is 0 Å². The standard InChI is InChI=1S/C10H18N2O2/c1-10(2,3)7-4-5-8(11-13)9(6-7)12-14/h7,13-14H,4-6H2,1-3H3. The van der Waals surface area contributed by atoms with E-state index in [0.717, 1.165) is 6.42 Å². The lowest BCUT2D eigenvalue weighted by molar-refractivity contribution is 0.227. The van der Waals surface area contributed by atoms with Gasteiger partial charge in [0.25, 0.3) is 0 Å². The molecule has 14 heavy (non-hydrogen) atoms. The first kappa shape index (κ1) is 11.0. The van der Waals surface area contributed by atoms with Crippen LogP contribution in [0, 0.1) is 11.3 Å². The summed E-state index contributed by atoms with van der Waals surface area (Å²) < 4.78 is 0. The number of nitrogens with zero attached hydrogens (tertiary/aromatic N) is 2. The zero-order valence-electron chi connectivity index (χ0n) is 8.99. The normalized spacial score (nSPS) is 29.8. The maximum Gasteiger partial charge on any atom is 0.105 e. The van der Waals surface area contributed by atoms with Gasteiger partial charge in [0.2, 0.25) is 0 Å². The van der Waals surface area contributed by atoms with E-state index in [9.17, 15) is 0 Å². The van der Waals surface area contributed by atoms with Crippen molar-refractivity contribution in [1.29, 1.82) is 0 Å². The summed E-state index contributed by atoms with van der Waals surface area (Å²) in [5, 5.41) is 23.8. The van der Waals surface area contributed by atoms with Crippen LogP contribution < -0.4 is 0 Å². The highest BCUT2D eigenvalue weighted by Crippen LogP contribution is 2.35. The first-order valence-corrected chi connectivity index (χ1v) is 4.91. The highest BCUT2D eigenvalue weighted by molar-refractivity contribution is 6.42. The van der Waals surface area contributed by atoms with Crippen molar-refractivity contribution in [2.24, 2.45) is 21.6 Å². The fourth-order valence-electron chi connectivity index (χ4n) is 1.85. The fourth-order valence-corrected chi connectivity index (χ4v) is 1.85. The van der Waals surface area contributed by atoms with Gasteiger partial charge in [-0.25, -0.2) is 0 Å². The minimum atomic E-state index is 0.205. The van der Waals surface area contributed by atoms with E-state index in [-0.39, 0.29) is 5.41 Å². The lowest BCUT2D eigenvalue weighted by Gasteiger charge is -2.34. The summed E-state index contributed by atoms with van der Waals surface area (Å²) >= 11 is 0. The maximum absolute atomic E-state index is 8.77. The van der Waals surface area contributed by atoms with Gasteiger partial charge < -0.3 is 10.4 Å². The fraction of sp³-hybridized carbons (Fsp3) is 0.800. The van der Waals surface area contributed by atoms with Gasteiger partial charge in [0.05, 0.1) is 0 Å². The number of hydrogen-bond acceptors (Lipinski definition) is 4. The second-order valence-electron chi connectivity index (χ2n) is 4.90. The Bertz CT molecular complexity index is 264. The van der Waals surface area contributed by atoms with Crippen LogP contribution in [0.1, 0.15) is 40.0 Å². The van der Waals surface area contributed by atoms with Crippen LogP contribution in [0.5, 0.6) is 0 Å². The lowest BCUT2D eigenvalue weighted by atomic mass is 9.71. The average molecular weight is 198 g/mol. The van der Waals surface area contributed by atoms with E-state index in [2.05, 4.69) is 31.1 Å². The molecular weight excluding hydrogens is 180 g/mol. The van der Waals surface area contributed by atoms with Gasteiger partial charge in [0.15, 0.2) is 0 Å². The minimum Gasteiger partial charge on any atom is -0.411 e. The van der Waals surface area contributed by atoms with Crippen molar-refractivity contribution >= 4 is 11.4 Å². The first-order chi connectivity index (χ1) is 6.49. The summed E-state index contributed by atoms with van der Waals surface area (Å²) in [5.74, 6) is 0.485. The van der Waals surface area contributed by atoms with Gasteiger partial charge in [-0.3, -0.25) is 0 Å². The van der Waals surface area contributed by atoms with Crippen LogP contribution in [0.4, 0.5) is 0 Å². The molecule has 4 heteroatoms. The smallest absolute Gasteiger partial charge is 0.105 e. The van der Waals surface area contributed by atoms with Crippen molar-refractivity contribution in [2.75, 3.05) is 0 Å². The molecule has 80 valence electrons. The van der Waals surface area contributed by atoms with Crippen LogP contribution in [-0.4, -0.2) is 21.8 Å². The lowest BCUT2D eigenvalue weighted by Crippen LogP contribution is -2.32. The van der Waals surface area contributed by atoms with E-state index in [4.69, 9.17) is 10.4 Å². The molecule has 1 aliphatic carbocycles. The van der Waals surface area contributed by atoms with Crippen molar-refractivity contribution in [3.63, 3.8) is 0 Å². The molecule has 0 aromatic heterocycles. The van der Waals surface area contributed by atoms with E-state index >= 15 is 0 Å². The quantitative estimate of drug-likeness (QED) is 0.464. The molecule has 0 heterocycles. The van der Waals surface area contributed by atoms with Crippen LogP contribution in [0.15, 0.2) is 10.3 Å². The minimum absolute atomic E-state index is 0.205. The Morgan fingerprint density at radius 3 is 2.14 bits per heavy atom. The predicted octanol–water partition coefficient (Wildman–Crippen LogP) is 2.49. The van der Waals surface area contributed by atoms with Gasteiger partial charge in [-0.2, -0.15) is 0 Å². The number of rotatable bonds is 0. The molecule has 0 aliphatic heterocycles. The summed E-state index contributed by atoms with van der Waals surface area (Å²) in [4.78, 5) is 0. The largest absolute Gasteiger partial charge is 0.411 e. The van der Waals surface area contributed by atoms with Gasteiger partial charge in [0.1, 0.15) is 11.4 Å². The van der Waals surface area contributed by atoms with Crippen LogP contribution in [0.2, 0.25) is 0 Å². The van der Waals surface area contributed by atoms with Crippen molar-refractivity contribution < 1.29 is 10.4 Å². The van der Waals surface area contributed by atoms with E-state index in [0.29, 0.717) is 30.2 Å². The van der Waals surface area contributed by atoms with Crippen molar-refractivity contribution in [3.05, 3.63) is 0 Å². The molecule has 1 saturated carbocycles. The zero-order chi connectivity index (χ0) is 10.8. The van der Waals surface area contributed by atoms with Gasteiger partial charge >= 0.3 is 0 Å². The molecule has 0 saturated heterocycles. The highest BCUT2D eigenvalue weighted by atomic mass is 16.4. The SMILES string of the molecule is CC(C)(C)C1CCC(=NO)C(=NO)C1. The first-order valence-electron chi connectivity index (χ1n) is 4.91. The maximum atomic E-state index is 8.77. The van der Waals surface area contributed by atoms with E-state index in [1.54, 1.807) is 0 Å². The third-order valence-corrected chi connectivity index (χ3v) is 2.97. The molecule has 1 fully saturated rings. The number of oxime groups is 2. The molecule has 0 amide bonds. The monoisotopic (exact) mass is 198 g/mol. The van der Waals surface area contributed by atoms with E-state index < -0.39 is 0 Å². The van der Waals surface area contributed by atoms with E-state index in [1.165, 1.54) is 0 Å². The Morgan fingerprint density at radius 2 is 1.71 bits per heavy atom. The molecule has 1 aliphatic rings. The van der Waals surface area contributed by atoms with Crippen LogP contribution in [0.3, 0.4) is 0 Å². The Kier molecular flexibility index (Phi) is 3.13. The Balaban J connectivity index is 2.77. The molecule has 1 rings (SSSR count). The average Bonchev–Trinajstić information content (AvgIpc) is 2.15. The Labute approximate surface area is 84.3 Å². The molecule has 1 atom stereocenters. The summed E-state index contributed by atoms with van der Waals surface area (Å²) in [5.41, 5.74) is 1.25. The number of hydrogen-bond donors (Lipinski definition) is 2. The van der Waals surface area contributed by atoms with Gasteiger partial charge in [0, 0.05) is 0 Å². The molecule has 0 spiro atoms. The molecule has 0 aromatic carbocycles. The highest BCUT2D eigenvalue weighted by Gasteiger charge is 2.32. The topological polar surface area (TPSA) is 65.2 Å². The van der Waals surface area contributed by atoms with Crippen molar-refractivity contribution in [1.82, 2.24) is 0 Å². The van der Waals surface area contributed by atoms with Crippen LogP contribution in [0.25, 0.3) is 0 Å². The summed E-state index contributed by atoms with van der Waals surface area (Å²) in [6, 6.07) is 0. The van der Waals surface area contributed by atoms with Crippen LogP contribution in [-0.2, 0) is 0 Å². The van der Waals surface area contributed by atoms with Gasteiger partial charge in [-0.05, 0) is 30.6 Å². The Morgan fingerprint density at radius 1 is 1.14 bits per heavy atom. The van der Waals surface area contributed by atoms with Gasteiger partial charge in [-0.1, -0.05) is 31.1 Å². The second-order valence-corrected chi connectivity index (χ2v) is 4.90. The molecule has 0 aromatic rings. The molecule has 2 N–H and O–H groups in total. The third-order valence-electron chi connectivity index (χ3n) is 2.97. The predicted molar refractivity (Wildman–Crippen MR) is 55.2 cm³/mol. The Hall–Kier alpha value is -1.06. The second kappa shape index (κ2) is 3.98. The van der Waals surface area contributed by atoms with Gasteiger partial charge in [-0.15, -0.1) is 0 Å². The zero-order valence-corrected chi connectivity index (χ0v) is 8.99. The summed E-state index contributed by atoms with van der Waals surface area (Å²) in [7, 11) is 0. The summed E-state index contributed by atoms with van der Waals surface area (Å²) in [6.45, 7) is 6.52. The van der Waals surface area contributed by atoms with Crippen molar-refractivity contribution in [2.45, 2.75) is 40.0 Å². The molecule has 0 radical (unpaired) electrons. The summed E-state index contributed by atoms with van der Waals surface area (Å²) in [6.07, 6.45) is 2.37. The van der Waals surface area contributed by atoms with Crippen LogP contribution >= 0.6 is 0 Å². The molecule has 1 unspecified atom stereocenters. The third kappa shape index (κ3) is 2.25. The van der Waals surface area contributed by atoms with E-state index in [1.807, 2.05) is 0 Å².